The van der Waals surface area contributed by atoms with E-state index in [1.807, 2.05) is 0 Å². The average Bonchev–Trinajstić information content (AvgIpc) is 0.859. The second-order valence-corrected chi connectivity index (χ2v) is 35.7. The summed E-state index contributed by atoms with van der Waals surface area (Å²) >= 11 is 0. The molecule has 0 aliphatic carbocycles. The molecule has 0 aliphatic rings. The van der Waals surface area contributed by atoms with Crippen LogP contribution in [0.15, 0.2) is 0 Å². The summed E-state index contributed by atoms with van der Waals surface area (Å²) in [5.74, 6) is -3.11. The summed E-state index contributed by atoms with van der Waals surface area (Å²) in [7, 11) is -5.46. The smallest absolute Gasteiger partial charge is 0.463 e. The summed E-state index contributed by atoms with van der Waals surface area (Å²) in [4.78, 5) is 103. The molecule has 0 aromatic rings. The SMILES string of the molecule is CCCCCCCCCCCCCC(=O)O[C@H](CCCCCCCCCCC)CC(=O)NCC(OCC(CO)(CO)CNC(=O)C[C@@H](CCCCCCCCCCC)OC(=O)CCCCCCCCCCCCC)OC(CO)[C@H](COC(=O)C[C@@H](CCCCCCCCCCC)OC(=O)CCCCCCCCCCCCC)OP(=O)(O)O. The number of phosphoric ester groups is 1. The van der Waals surface area contributed by atoms with Gasteiger partial charge in [0.1, 0.15) is 37.1 Å². The van der Waals surface area contributed by atoms with Crippen LogP contribution in [0.1, 0.15) is 485 Å². The van der Waals surface area contributed by atoms with Crippen molar-refractivity contribution in [2.75, 3.05) is 46.1 Å². The molecule has 692 valence electrons. The van der Waals surface area contributed by atoms with Gasteiger partial charge < -0.3 is 64.2 Å². The van der Waals surface area contributed by atoms with Gasteiger partial charge in [0.15, 0.2) is 6.29 Å². The summed E-state index contributed by atoms with van der Waals surface area (Å²) in [5, 5.41) is 38.9. The summed E-state index contributed by atoms with van der Waals surface area (Å²) in [6, 6.07) is 0. The van der Waals surface area contributed by atoms with Crippen LogP contribution >= 0.6 is 7.82 Å². The van der Waals surface area contributed by atoms with Crippen molar-refractivity contribution in [2.45, 2.75) is 521 Å². The van der Waals surface area contributed by atoms with Crippen LogP contribution in [0.3, 0.4) is 0 Å². The van der Waals surface area contributed by atoms with Gasteiger partial charge in [0.2, 0.25) is 11.8 Å². The van der Waals surface area contributed by atoms with Crippen molar-refractivity contribution in [2.24, 2.45) is 5.41 Å². The molecule has 0 rings (SSSR count). The van der Waals surface area contributed by atoms with Crippen molar-refractivity contribution in [3.05, 3.63) is 0 Å². The first-order valence-corrected chi connectivity index (χ1v) is 50.5. The van der Waals surface area contributed by atoms with Crippen LogP contribution < -0.4 is 10.6 Å². The van der Waals surface area contributed by atoms with E-state index in [-0.39, 0.29) is 51.0 Å². The highest BCUT2D eigenvalue weighted by Crippen LogP contribution is 2.39. The minimum Gasteiger partial charge on any atom is -0.463 e. The number of rotatable bonds is 92. The molecule has 117 heavy (non-hydrogen) atoms. The second-order valence-electron chi connectivity index (χ2n) is 34.5. The Bertz CT molecular complexity index is 2310. The average molecular weight is 1690 g/mol. The quantitative estimate of drug-likeness (QED) is 0.00978. The first-order chi connectivity index (χ1) is 56.9. The van der Waals surface area contributed by atoms with E-state index in [1.165, 1.54) is 212 Å². The van der Waals surface area contributed by atoms with E-state index in [0.717, 1.165) is 141 Å². The Balaban J connectivity index is 7.01. The fraction of sp³-hybridized carbons (Fsp3) is 0.937. The van der Waals surface area contributed by atoms with Crippen LogP contribution in [0.2, 0.25) is 0 Å². The number of ether oxygens (including phenoxy) is 6. The largest absolute Gasteiger partial charge is 0.470 e. The molecule has 22 heteroatoms. The molecule has 2 amide bonds. The van der Waals surface area contributed by atoms with Crippen LogP contribution in [-0.2, 0) is 66.3 Å². The molecule has 7 N–H and O–H groups in total. The third-order valence-electron chi connectivity index (χ3n) is 22.9. The molecule has 0 aliphatic heterocycles. The number of aliphatic hydroxyl groups is 3. The molecule has 21 nitrogen and oxygen atoms in total. The van der Waals surface area contributed by atoms with E-state index in [0.29, 0.717) is 51.4 Å². The standard InChI is InChI=1S/C95H183N2O19P/c1-7-13-19-25-31-37-40-46-52-58-64-70-90(103)112-83(67-61-55-49-43-34-28-22-16-10-4)73-88(101)96-76-94(111-82-95(80-99,81-100)79-97-89(102)74-84(68-62-56-50-44-35-29-23-17-11-5)113-91(104)71-65-59-53-47-41-38-32-26-20-14-8-2)115-86(77-98)87(116-117(107,108)109)78-110-93(106)75-85(69-63-57-51-45-36-30-24-18-12-6)114-92(105)72-66-60-54-48-42-39-33-27-21-15-9-3/h83-87,94,98-100H,7-82H2,1-6H3,(H,96,101)(H,97,102)(H2,107,108,109)/t83-,84-,85-,86?,87+,94?/m1/s1. The molecule has 0 spiro atoms. The van der Waals surface area contributed by atoms with E-state index in [2.05, 4.69) is 52.2 Å². The first-order valence-electron chi connectivity index (χ1n) is 49.0. The van der Waals surface area contributed by atoms with E-state index in [1.54, 1.807) is 0 Å². The zero-order chi connectivity index (χ0) is 86.0. The number of phosphoric acid groups is 1. The Morgan fingerprint density at radius 2 is 0.598 bits per heavy atom. The summed E-state index contributed by atoms with van der Waals surface area (Å²) in [5.41, 5.74) is -1.63. The molecule has 0 aromatic carbocycles. The summed E-state index contributed by atoms with van der Waals surface area (Å²) in [6.07, 6.45) is 59.6. The molecule has 2 unspecified atom stereocenters. The predicted molar refractivity (Wildman–Crippen MR) is 474 cm³/mol. The van der Waals surface area contributed by atoms with Crippen molar-refractivity contribution in [3.63, 3.8) is 0 Å². The molecule has 0 bridgehead atoms. The Kier molecular flexibility index (Phi) is 81.3. The Morgan fingerprint density at radius 1 is 0.333 bits per heavy atom. The predicted octanol–water partition coefficient (Wildman–Crippen LogP) is 23.7. The van der Waals surface area contributed by atoms with E-state index >= 15 is 0 Å². The van der Waals surface area contributed by atoms with Crippen LogP contribution in [0, 0.1) is 5.41 Å². The lowest BCUT2D eigenvalue weighted by molar-refractivity contribution is -0.216. The van der Waals surface area contributed by atoms with E-state index in [9.17, 15) is 58.4 Å². The van der Waals surface area contributed by atoms with Crippen molar-refractivity contribution in [3.8, 4) is 0 Å². The van der Waals surface area contributed by atoms with E-state index in [4.69, 9.17) is 32.9 Å². The first kappa shape index (κ1) is 114. The number of carbonyl (C=O) groups excluding carboxylic acids is 6. The third kappa shape index (κ3) is 75.0. The minimum absolute atomic E-state index is 0.171. The molecule has 0 aromatic heterocycles. The van der Waals surface area contributed by atoms with Crippen LogP contribution in [0.5, 0.6) is 0 Å². The van der Waals surface area contributed by atoms with Gasteiger partial charge in [-0.15, -0.1) is 0 Å². The normalized spacial score (nSPS) is 13.4. The van der Waals surface area contributed by atoms with E-state index < -0.39 is 119 Å². The minimum atomic E-state index is -5.46. The van der Waals surface area contributed by atoms with Gasteiger partial charge in [-0.1, -0.05) is 388 Å². The van der Waals surface area contributed by atoms with Gasteiger partial charge in [0.25, 0.3) is 0 Å². The number of unbranched alkanes of at least 4 members (excludes halogenated alkanes) is 54. The summed E-state index contributed by atoms with van der Waals surface area (Å²) in [6.45, 7) is 8.46. The number of carbonyl (C=O) groups is 6. The van der Waals surface area contributed by atoms with Gasteiger partial charge in [0.05, 0.1) is 57.6 Å². The zero-order valence-corrected chi connectivity index (χ0v) is 77.0. The number of esters is 4. The highest BCUT2D eigenvalue weighted by atomic mass is 31.2. The maximum atomic E-state index is 14.3. The van der Waals surface area contributed by atoms with Gasteiger partial charge in [-0.3, -0.25) is 33.3 Å². The van der Waals surface area contributed by atoms with Gasteiger partial charge in [-0.05, 0) is 57.8 Å². The Morgan fingerprint density at radius 3 is 0.872 bits per heavy atom. The number of hydrogen-bond acceptors (Lipinski definition) is 17. The Labute approximate surface area is 714 Å². The highest BCUT2D eigenvalue weighted by molar-refractivity contribution is 7.46. The number of nitrogens with one attached hydrogen (secondary N) is 2. The fourth-order valence-corrected chi connectivity index (χ4v) is 15.7. The van der Waals surface area contributed by atoms with Crippen molar-refractivity contribution in [1.82, 2.24) is 10.6 Å². The number of amides is 2. The molecular weight excluding hydrogens is 1500 g/mol. The van der Waals surface area contributed by atoms with Gasteiger partial charge in [0, 0.05) is 25.8 Å². The van der Waals surface area contributed by atoms with Gasteiger partial charge in [-0.2, -0.15) is 0 Å². The van der Waals surface area contributed by atoms with Crippen molar-refractivity contribution < 1.29 is 91.4 Å². The maximum absolute atomic E-state index is 14.3. The summed E-state index contributed by atoms with van der Waals surface area (Å²) < 4.78 is 54.4. The van der Waals surface area contributed by atoms with Crippen molar-refractivity contribution in [1.29, 1.82) is 0 Å². The zero-order valence-electron chi connectivity index (χ0n) is 76.1. The highest BCUT2D eigenvalue weighted by Gasteiger charge is 2.37. The maximum Gasteiger partial charge on any atom is 0.470 e. The van der Waals surface area contributed by atoms with Gasteiger partial charge in [-0.25, -0.2) is 4.57 Å². The second kappa shape index (κ2) is 83.6. The monoisotopic (exact) mass is 1690 g/mol. The number of hydrogen-bond donors (Lipinski definition) is 7. The topological polar surface area (TPSA) is 309 Å². The van der Waals surface area contributed by atoms with Crippen LogP contribution in [0.25, 0.3) is 0 Å². The molecule has 0 saturated carbocycles. The van der Waals surface area contributed by atoms with Crippen LogP contribution in [0.4, 0.5) is 0 Å². The number of aliphatic hydroxyl groups excluding tert-OH is 3. The molecule has 0 saturated heterocycles. The molecular formula is C95H183N2O19P. The Hall–Kier alpha value is -3.27. The molecule has 0 heterocycles. The lowest BCUT2D eigenvalue weighted by Crippen LogP contribution is -2.49. The lowest BCUT2D eigenvalue weighted by Gasteiger charge is -2.34. The molecule has 0 fully saturated rings. The van der Waals surface area contributed by atoms with Crippen molar-refractivity contribution >= 4 is 43.5 Å². The van der Waals surface area contributed by atoms with Crippen LogP contribution in [-0.4, -0.2) is 144 Å². The lowest BCUT2D eigenvalue weighted by atomic mass is 9.91. The molecule has 6 atom stereocenters. The fourth-order valence-electron chi connectivity index (χ4n) is 15.2. The third-order valence-corrected chi connectivity index (χ3v) is 23.5. The molecule has 0 radical (unpaired) electrons. The van der Waals surface area contributed by atoms with Gasteiger partial charge >= 0.3 is 31.7 Å².